The third kappa shape index (κ3) is 2.66. The molecular weight excluding hydrogens is 204 g/mol. The zero-order valence-corrected chi connectivity index (χ0v) is 9.81. The number of rotatable bonds is 3. The second-order valence-electron chi connectivity index (χ2n) is 4.46. The summed E-state index contributed by atoms with van der Waals surface area (Å²) in [6, 6.07) is 0. The van der Waals surface area contributed by atoms with E-state index in [4.69, 9.17) is 10.5 Å². The molecular formula is C11H18N4O. The highest BCUT2D eigenvalue weighted by atomic mass is 16.5. The zero-order valence-electron chi connectivity index (χ0n) is 9.81. The van der Waals surface area contributed by atoms with Crippen molar-refractivity contribution < 1.29 is 4.74 Å². The van der Waals surface area contributed by atoms with Crippen molar-refractivity contribution in [3.63, 3.8) is 0 Å². The number of aromatic nitrogens is 3. The fraction of sp³-hybridized carbons (Fsp3) is 0.727. The third-order valence-electron chi connectivity index (χ3n) is 2.67. The van der Waals surface area contributed by atoms with Gasteiger partial charge in [0.2, 0.25) is 5.95 Å². The Hall–Kier alpha value is -1.23. The lowest BCUT2D eigenvalue weighted by Gasteiger charge is -2.10. The number of hydrogen-bond donors (Lipinski definition) is 1. The molecule has 1 unspecified atom stereocenters. The van der Waals surface area contributed by atoms with Crippen LogP contribution in [0.2, 0.25) is 0 Å². The van der Waals surface area contributed by atoms with Gasteiger partial charge in [-0.25, -0.2) is 4.98 Å². The van der Waals surface area contributed by atoms with Gasteiger partial charge in [0.15, 0.2) is 0 Å². The van der Waals surface area contributed by atoms with Gasteiger partial charge in [-0.3, -0.25) is 0 Å². The van der Waals surface area contributed by atoms with Crippen LogP contribution >= 0.6 is 0 Å². The van der Waals surface area contributed by atoms with Crippen LogP contribution in [0.4, 0.5) is 5.95 Å². The molecule has 1 aliphatic rings. The van der Waals surface area contributed by atoms with E-state index < -0.39 is 0 Å². The molecule has 0 amide bonds. The number of nitrogens with two attached hydrogens (primary N) is 1. The van der Waals surface area contributed by atoms with Crippen LogP contribution in [0, 0.1) is 0 Å². The summed E-state index contributed by atoms with van der Waals surface area (Å²) in [6.07, 6.45) is 3.21. The molecule has 5 nitrogen and oxygen atoms in total. The summed E-state index contributed by atoms with van der Waals surface area (Å²) in [6.45, 7) is 4.94. The van der Waals surface area contributed by atoms with Crippen molar-refractivity contribution in [3.8, 4) is 0 Å². The highest BCUT2D eigenvalue weighted by Crippen LogP contribution is 2.17. The van der Waals surface area contributed by atoms with Gasteiger partial charge < -0.3 is 10.5 Å². The van der Waals surface area contributed by atoms with Crippen molar-refractivity contribution in [1.29, 1.82) is 0 Å². The van der Waals surface area contributed by atoms with Gasteiger partial charge in [0, 0.05) is 18.9 Å². The van der Waals surface area contributed by atoms with Crippen LogP contribution in [-0.4, -0.2) is 27.7 Å². The monoisotopic (exact) mass is 222 g/mol. The number of hydrogen-bond acceptors (Lipinski definition) is 5. The van der Waals surface area contributed by atoms with E-state index in [1.807, 2.05) is 13.8 Å². The average Bonchev–Trinajstić information content (AvgIpc) is 2.69. The number of nitrogen functional groups attached to an aromatic ring is 1. The first-order chi connectivity index (χ1) is 7.65. The molecule has 0 aromatic carbocycles. The Morgan fingerprint density at radius 3 is 2.81 bits per heavy atom. The predicted molar refractivity (Wildman–Crippen MR) is 61.0 cm³/mol. The lowest BCUT2D eigenvalue weighted by molar-refractivity contribution is 0.110. The minimum absolute atomic E-state index is 0.252. The highest BCUT2D eigenvalue weighted by Gasteiger charge is 2.18. The van der Waals surface area contributed by atoms with Crippen molar-refractivity contribution in [2.24, 2.45) is 0 Å². The molecule has 1 atom stereocenters. The molecule has 5 heteroatoms. The van der Waals surface area contributed by atoms with Crippen LogP contribution in [0.5, 0.6) is 0 Å². The minimum Gasteiger partial charge on any atom is -0.378 e. The van der Waals surface area contributed by atoms with E-state index in [0.717, 1.165) is 37.5 Å². The molecule has 0 spiro atoms. The van der Waals surface area contributed by atoms with Gasteiger partial charge in [0.05, 0.1) is 6.10 Å². The molecule has 0 aliphatic carbocycles. The Bertz CT molecular complexity index is 361. The molecule has 1 saturated heterocycles. The van der Waals surface area contributed by atoms with Crippen LogP contribution in [0.15, 0.2) is 0 Å². The van der Waals surface area contributed by atoms with Crippen LogP contribution in [0.25, 0.3) is 0 Å². The summed E-state index contributed by atoms with van der Waals surface area (Å²) >= 11 is 0. The molecule has 0 bridgehead atoms. The maximum absolute atomic E-state index is 5.67. The fourth-order valence-electron chi connectivity index (χ4n) is 1.82. The van der Waals surface area contributed by atoms with Gasteiger partial charge in [-0.1, -0.05) is 13.8 Å². The smallest absolute Gasteiger partial charge is 0.223 e. The minimum atomic E-state index is 0.252. The first-order valence-electron chi connectivity index (χ1n) is 5.77. The lowest BCUT2D eigenvalue weighted by atomic mass is 10.1. The molecule has 2 heterocycles. The number of anilines is 1. The Morgan fingerprint density at radius 1 is 1.38 bits per heavy atom. The quantitative estimate of drug-likeness (QED) is 0.834. The maximum Gasteiger partial charge on any atom is 0.223 e. The summed E-state index contributed by atoms with van der Waals surface area (Å²) < 4.78 is 5.56. The maximum atomic E-state index is 5.67. The van der Waals surface area contributed by atoms with Crippen LogP contribution in [0.1, 0.15) is 44.3 Å². The molecule has 1 fully saturated rings. The Kier molecular flexibility index (Phi) is 3.33. The lowest BCUT2D eigenvalue weighted by Crippen LogP contribution is -2.15. The van der Waals surface area contributed by atoms with Gasteiger partial charge in [0.1, 0.15) is 11.6 Å². The van der Waals surface area contributed by atoms with E-state index in [9.17, 15) is 0 Å². The molecule has 0 saturated carbocycles. The van der Waals surface area contributed by atoms with Crippen molar-refractivity contribution in [2.75, 3.05) is 12.3 Å². The average molecular weight is 222 g/mol. The van der Waals surface area contributed by atoms with Gasteiger partial charge in [-0.05, 0) is 12.8 Å². The number of ether oxygens (including phenoxy) is 1. The van der Waals surface area contributed by atoms with Crippen LogP contribution < -0.4 is 5.73 Å². The van der Waals surface area contributed by atoms with E-state index in [-0.39, 0.29) is 12.0 Å². The molecule has 1 aromatic rings. The summed E-state index contributed by atoms with van der Waals surface area (Å²) in [4.78, 5) is 12.7. The normalized spacial score (nSPS) is 20.6. The van der Waals surface area contributed by atoms with Crippen molar-refractivity contribution >= 4 is 5.95 Å². The number of nitrogens with zero attached hydrogens (tertiary/aromatic N) is 3. The SMILES string of the molecule is CC(C)c1nc(N)nc(CC2CCCO2)n1. The summed E-state index contributed by atoms with van der Waals surface area (Å²) in [5.41, 5.74) is 5.67. The van der Waals surface area contributed by atoms with Crippen LogP contribution in [-0.2, 0) is 11.2 Å². The third-order valence-corrected chi connectivity index (χ3v) is 2.67. The van der Waals surface area contributed by atoms with E-state index in [0.29, 0.717) is 5.95 Å². The Labute approximate surface area is 95.5 Å². The summed E-state index contributed by atoms with van der Waals surface area (Å²) in [7, 11) is 0. The van der Waals surface area contributed by atoms with Gasteiger partial charge in [-0.2, -0.15) is 9.97 Å². The summed E-state index contributed by atoms with van der Waals surface area (Å²) in [5, 5.41) is 0. The largest absolute Gasteiger partial charge is 0.378 e. The fourth-order valence-corrected chi connectivity index (χ4v) is 1.82. The van der Waals surface area contributed by atoms with E-state index in [2.05, 4.69) is 15.0 Å². The molecule has 0 radical (unpaired) electrons. The van der Waals surface area contributed by atoms with Crippen LogP contribution in [0.3, 0.4) is 0 Å². The topological polar surface area (TPSA) is 73.9 Å². The van der Waals surface area contributed by atoms with E-state index >= 15 is 0 Å². The van der Waals surface area contributed by atoms with Gasteiger partial charge in [0.25, 0.3) is 0 Å². The van der Waals surface area contributed by atoms with Gasteiger partial charge >= 0.3 is 0 Å². The molecule has 16 heavy (non-hydrogen) atoms. The van der Waals surface area contributed by atoms with E-state index in [1.54, 1.807) is 0 Å². The highest BCUT2D eigenvalue weighted by molar-refractivity contribution is 5.17. The molecule has 1 aliphatic heterocycles. The Balaban J connectivity index is 2.13. The predicted octanol–water partition coefficient (Wildman–Crippen LogP) is 1.30. The van der Waals surface area contributed by atoms with Gasteiger partial charge in [-0.15, -0.1) is 0 Å². The molecule has 2 N–H and O–H groups in total. The van der Waals surface area contributed by atoms with E-state index in [1.165, 1.54) is 0 Å². The standard InChI is InChI=1S/C11H18N4O/c1-7(2)10-13-9(14-11(12)15-10)6-8-4-3-5-16-8/h7-8H,3-6H2,1-2H3,(H2,12,13,14,15). The van der Waals surface area contributed by atoms with Crippen molar-refractivity contribution in [3.05, 3.63) is 11.6 Å². The zero-order chi connectivity index (χ0) is 11.5. The summed E-state index contributed by atoms with van der Waals surface area (Å²) in [5.74, 6) is 2.10. The van der Waals surface area contributed by atoms with Crippen molar-refractivity contribution in [1.82, 2.24) is 15.0 Å². The molecule has 1 aromatic heterocycles. The second-order valence-corrected chi connectivity index (χ2v) is 4.46. The second kappa shape index (κ2) is 4.74. The molecule has 88 valence electrons. The Morgan fingerprint density at radius 2 is 2.19 bits per heavy atom. The first kappa shape index (κ1) is 11.3. The first-order valence-corrected chi connectivity index (χ1v) is 5.77. The van der Waals surface area contributed by atoms with Crippen molar-refractivity contribution in [2.45, 2.75) is 45.1 Å². The molecule has 2 rings (SSSR count).